The summed E-state index contributed by atoms with van der Waals surface area (Å²) in [4.78, 5) is 33.3. The van der Waals surface area contributed by atoms with E-state index in [0.717, 1.165) is 24.0 Å². The molecule has 0 saturated carbocycles. The number of piperidine rings is 1. The lowest BCUT2D eigenvalue weighted by Crippen LogP contribution is -2.44. The van der Waals surface area contributed by atoms with Gasteiger partial charge in [-0.25, -0.2) is 4.98 Å². The number of ether oxygens (including phenoxy) is 1. The lowest BCUT2D eigenvalue weighted by atomic mass is 9.77. The quantitative estimate of drug-likeness (QED) is 0.654. The number of benzene rings is 1. The molecular formula is C26H32ClN3O3. The van der Waals surface area contributed by atoms with Crippen molar-refractivity contribution >= 4 is 23.4 Å². The van der Waals surface area contributed by atoms with Gasteiger partial charge in [-0.3, -0.25) is 9.59 Å². The second-order valence-electron chi connectivity index (χ2n) is 9.72. The van der Waals surface area contributed by atoms with Crippen molar-refractivity contribution in [2.24, 2.45) is 11.3 Å². The van der Waals surface area contributed by atoms with Gasteiger partial charge < -0.3 is 14.5 Å². The third-order valence-corrected chi connectivity index (χ3v) is 7.36. The Morgan fingerprint density at radius 2 is 1.82 bits per heavy atom. The van der Waals surface area contributed by atoms with Crippen molar-refractivity contribution in [1.82, 2.24) is 14.8 Å². The van der Waals surface area contributed by atoms with Gasteiger partial charge >= 0.3 is 0 Å². The zero-order valence-corrected chi connectivity index (χ0v) is 20.3. The topological polar surface area (TPSA) is 62.7 Å². The van der Waals surface area contributed by atoms with E-state index in [4.69, 9.17) is 16.3 Å². The molecule has 2 amide bonds. The minimum absolute atomic E-state index is 0.0338. The molecule has 0 radical (unpaired) electrons. The van der Waals surface area contributed by atoms with Crippen molar-refractivity contribution in [3.05, 3.63) is 58.7 Å². The molecule has 1 aromatic carbocycles. The summed E-state index contributed by atoms with van der Waals surface area (Å²) in [6, 6.07) is 11.8. The summed E-state index contributed by atoms with van der Waals surface area (Å²) in [7, 11) is 0. The van der Waals surface area contributed by atoms with E-state index in [1.54, 1.807) is 13.1 Å². The van der Waals surface area contributed by atoms with Gasteiger partial charge in [-0.1, -0.05) is 36.7 Å². The van der Waals surface area contributed by atoms with Gasteiger partial charge in [-0.05, 0) is 43.0 Å². The van der Waals surface area contributed by atoms with Crippen molar-refractivity contribution in [3.8, 4) is 5.88 Å². The maximum Gasteiger partial charge on any atom is 0.225 e. The number of pyridine rings is 1. The van der Waals surface area contributed by atoms with E-state index in [-0.39, 0.29) is 29.1 Å². The van der Waals surface area contributed by atoms with Crippen molar-refractivity contribution in [1.29, 1.82) is 0 Å². The molecule has 2 atom stereocenters. The molecule has 2 aliphatic heterocycles. The molecule has 1 aromatic heterocycles. The number of carbonyl (C=O) groups excluding carboxylic acids is 2. The average Bonchev–Trinajstić information content (AvgIpc) is 3.16. The average molecular weight is 470 g/mol. The Kier molecular flexibility index (Phi) is 6.94. The van der Waals surface area contributed by atoms with Crippen LogP contribution >= 0.6 is 11.6 Å². The Balaban J connectivity index is 1.50. The molecule has 2 saturated heterocycles. The van der Waals surface area contributed by atoms with E-state index in [9.17, 15) is 9.59 Å². The molecule has 0 aliphatic carbocycles. The van der Waals surface area contributed by atoms with Gasteiger partial charge in [0.2, 0.25) is 17.7 Å². The van der Waals surface area contributed by atoms with Crippen LogP contribution in [0.5, 0.6) is 5.88 Å². The van der Waals surface area contributed by atoms with Crippen LogP contribution in [-0.4, -0.2) is 59.4 Å². The predicted octanol–water partition coefficient (Wildman–Crippen LogP) is 4.31. The van der Waals surface area contributed by atoms with Crippen molar-refractivity contribution in [2.75, 3.05) is 32.8 Å². The van der Waals surface area contributed by atoms with E-state index in [1.807, 2.05) is 41.0 Å². The van der Waals surface area contributed by atoms with Crippen LogP contribution in [-0.2, 0) is 9.59 Å². The van der Waals surface area contributed by atoms with Crippen LogP contribution in [0.4, 0.5) is 0 Å². The number of hydrogen-bond donors (Lipinski definition) is 0. The van der Waals surface area contributed by atoms with Gasteiger partial charge in [0.05, 0.1) is 6.61 Å². The molecule has 1 unspecified atom stereocenters. The monoisotopic (exact) mass is 469 g/mol. The minimum atomic E-state index is -0.268. The molecule has 0 spiro atoms. The normalized spacial score (nSPS) is 23.6. The summed E-state index contributed by atoms with van der Waals surface area (Å²) in [6.45, 7) is 8.81. The maximum atomic E-state index is 13.5. The Morgan fingerprint density at radius 1 is 1.12 bits per heavy atom. The fourth-order valence-corrected chi connectivity index (χ4v) is 5.17. The molecule has 6 nitrogen and oxygen atoms in total. The number of carbonyl (C=O) groups is 2. The molecule has 0 N–H and O–H groups in total. The fourth-order valence-electron chi connectivity index (χ4n) is 5.05. The van der Waals surface area contributed by atoms with Crippen LogP contribution in [0.3, 0.4) is 0 Å². The van der Waals surface area contributed by atoms with E-state index >= 15 is 0 Å². The second-order valence-corrected chi connectivity index (χ2v) is 10.2. The van der Waals surface area contributed by atoms with E-state index in [0.29, 0.717) is 43.7 Å². The number of aryl methyl sites for hydroxylation is 1. The molecule has 0 bridgehead atoms. The zero-order chi connectivity index (χ0) is 23.6. The number of nitrogens with zero attached hydrogens (tertiary/aromatic N) is 3. The number of amides is 2. The van der Waals surface area contributed by atoms with Gasteiger partial charge in [0.1, 0.15) is 0 Å². The van der Waals surface area contributed by atoms with Crippen LogP contribution in [0, 0.1) is 18.3 Å². The van der Waals surface area contributed by atoms with Crippen LogP contribution in [0.15, 0.2) is 42.6 Å². The Labute approximate surface area is 200 Å². The zero-order valence-electron chi connectivity index (χ0n) is 19.6. The highest BCUT2D eigenvalue weighted by atomic mass is 35.5. The molecule has 2 fully saturated rings. The van der Waals surface area contributed by atoms with Gasteiger partial charge in [0.25, 0.3) is 0 Å². The van der Waals surface area contributed by atoms with Gasteiger partial charge in [-0.2, -0.15) is 0 Å². The Morgan fingerprint density at radius 3 is 2.42 bits per heavy atom. The highest BCUT2D eigenvalue weighted by molar-refractivity contribution is 6.30. The predicted molar refractivity (Wildman–Crippen MR) is 128 cm³/mol. The highest BCUT2D eigenvalue weighted by Crippen LogP contribution is 2.44. The Hall–Kier alpha value is -2.60. The summed E-state index contributed by atoms with van der Waals surface area (Å²) < 4.78 is 6.12. The third-order valence-electron chi connectivity index (χ3n) is 7.10. The van der Waals surface area contributed by atoms with Gasteiger partial charge in [0.15, 0.2) is 0 Å². The number of aromatic nitrogens is 1. The Bertz CT molecular complexity index is 987. The molecule has 2 aromatic rings. The maximum absolute atomic E-state index is 13.5. The summed E-state index contributed by atoms with van der Waals surface area (Å²) in [5, 5.41) is 0.698. The van der Waals surface area contributed by atoms with Crippen molar-refractivity contribution < 1.29 is 14.3 Å². The number of hydrogen-bond acceptors (Lipinski definition) is 4. The fraction of sp³-hybridized carbons (Fsp3) is 0.500. The minimum Gasteiger partial charge on any atom is -0.477 e. The lowest BCUT2D eigenvalue weighted by Gasteiger charge is -2.33. The summed E-state index contributed by atoms with van der Waals surface area (Å²) >= 11 is 6.13. The summed E-state index contributed by atoms with van der Waals surface area (Å²) in [6.07, 6.45) is 3.24. The number of halogens is 1. The molecule has 33 heavy (non-hydrogen) atoms. The summed E-state index contributed by atoms with van der Waals surface area (Å²) in [5.41, 5.74) is 1.97. The van der Waals surface area contributed by atoms with E-state index in [1.165, 1.54) is 0 Å². The van der Waals surface area contributed by atoms with Crippen LogP contribution in [0.25, 0.3) is 0 Å². The van der Waals surface area contributed by atoms with Gasteiger partial charge in [-0.15, -0.1) is 0 Å². The van der Waals surface area contributed by atoms with Crippen molar-refractivity contribution in [2.45, 2.75) is 39.5 Å². The first-order chi connectivity index (χ1) is 15.7. The first-order valence-electron chi connectivity index (χ1n) is 11.6. The van der Waals surface area contributed by atoms with Crippen LogP contribution < -0.4 is 4.74 Å². The van der Waals surface area contributed by atoms with Crippen LogP contribution in [0.2, 0.25) is 5.02 Å². The first kappa shape index (κ1) is 23.6. The molecule has 3 heterocycles. The SMILES string of the molecule is CC(=O)N1CCC(C(=O)N2C[C@H](c3ccc(Cl)cc3)C(C)(COc3ccc(C)cn3)C2)CC1. The first-order valence-corrected chi connectivity index (χ1v) is 12.0. The molecular weight excluding hydrogens is 438 g/mol. The van der Waals surface area contributed by atoms with Gasteiger partial charge in [0, 0.05) is 67.6 Å². The number of likely N-dealkylation sites (tertiary alicyclic amines) is 2. The highest BCUT2D eigenvalue weighted by Gasteiger charge is 2.47. The smallest absolute Gasteiger partial charge is 0.225 e. The standard InChI is InChI=1S/C26H32ClN3O3/c1-18-4-9-24(28-14-18)33-17-26(3)16-30(15-23(26)20-5-7-22(27)8-6-20)25(32)21-10-12-29(13-11-21)19(2)31/h4-9,14,21,23H,10-13,15-17H2,1-3H3/t23-,26?/m1/s1. The molecule has 2 aliphatic rings. The second kappa shape index (κ2) is 9.72. The number of rotatable bonds is 5. The third kappa shape index (κ3) is 5.32. The van der Waals surface area contributed by atoms with Crippen molar-refractivity contribution in [3.63, 3.8) is 0 Å². The molecule has 4 rings (SSSR count). The van der Waals surface area contributed by atoms with Crippen LogP contribution in [0.1, 0.15) is 43.7 Å². The summed E-state index contributed by atoms with van der Waals surface area (Å²) in [5.74, 6) is 0.960. The largest absolute Gasteiger partial charge is 0.477 e. The van der Waals surface area contributed by atoms with E-state index in [2.05, 4.69) is 24.0 Å². The molecule has 7 heteroatoms. The lowest BCUT2D eigenvalue weighted by molar-refractivity contribution is -0.139. The molecule has 176 valence electrons. The van der Waals surface area contributed by atoms with E-state index < -0.39 is 0 Å².